The maximum absolute atomic E-state index is 14.4. The van der Waals surface area contributed by atoms with Crippen LogP contribution in [0.1, 0.15) is 80.0 Å². The number of amides is 4. The summed E-state index contributed by atoms with van der Waals surface area (Å²) in [6.07, 6.45) is 1.11. The maximum atomic E-state index is 14.4. The van der Waals surface area contributed by atoms with Gasteiger partial charge >= 0.3 is 12.3 Å². The highest BCUT2D eigenvalue weighted by Gasteiger charge is 2.62. The van der Waals surface area contributed by atoms with Crippen molar-refractivity contribution < 1.29 is 49.9 Å². The van der Waals surface area contributed by atoms with E-state index in [1.807, 2.05) is 6.08 Å². The zero-order valence-electron chi connectivity index (χ0n) is 29.9. The molecular weight excluding hydrogens is 747 g/mol. The van der Waals surface area contributed by atoms with Crippen LogP contribution in [0.5, 0.6) is 0 Å². The summed E-state index contributed by atoms with van der Waals surface area (Å²) < 4.78 is 88.3. The number of nitrogens with one attached hydrogen (secondary N) is 3. The van der Waals surface area contributed by atoms with Crippen LogP contribution in [-0.2, 0) is 55.0 Å². The van der Waals surface area contributed by atoms with E-state index in [2.05, 4.69) is 15.4 Å². The third kappa shape index (κ3) is 8.52. The number of hydrogen-bond donors (Lipinski definition) is 3. The predicted octanol–water partition coefficient (Wildman–Crippen LogP) is 4.43. The Labute approximate surface area is 316 Å². The normalized spacial score (nSPS) is 27.3. The van der Waals surface area contributed by atoms with E-state index in [-0.39, 0.29) is 39.0 Å². The molecule has 7 rings (SSSR count). The van der Waals surface area contributed by atoms with Gasteiger partial charge in [-0.05, 0) is 61.8 Å². The molecule has 0 spiro atoms. The molecule has 2 aliphatic carbocycles. The first-order valence-corrected chi connectivity index (χ1v) is 20.2. The van der Waals surface area contributed by atoms with Crippen LogP contribution in [0, 0.1) is 11.7 Å². The van der Waals surface area contributed by atoms with Crippen LogP contribution in [0.2, 0.25) is 0 Å². The Hall–Kier alpha value is -4.51. The molecule has 2 aromatic carbocycles. The van der Waals surface area contributed by atoms with Crippen LogP contribution >= 0.6 is 0 Å². The van der Waals surface area contributed by atoms with Crippen molar-refractivity contribution in [1.82, 2.24) is 25.2 Å². The molecule has 0 bridgehead atoms. The minimum atomic E-state index is -4.56. The van der Waals surface area contributed by atoms with Gasteiger partial charge in [0.05, 0.1) is 29.9 Å². The SMILES string of the molecule is O=C1N[C@]2(C(=O)NS(=O)(=O)C3CC3)C[C@H]2C=CCCCCC[C@H](NCc2cccc(C(F)(F)F)c2)C(=O)N2C[C@H](OC(=O)N3Cc4cccc(F)c4C3)C[C@@H]12. The molecule has 3 heterocycles. The molecule has 3 fully saturated rings. The molecule has 0 unspecified atom stereocenters. The predicted molar refractivity (Wildman–Crippen MR) is 189 cm³/mol. The number of fused-ring (bicyclic) bond motifs is 3. The number of alkyl halides is 3. The Bertz CT molecular complexity index is 1990. The summed E-state index contributed by atoms with van der Waals surface area (Å²) in [4.78, 5) is 58.3. The zero-order valence-corrected chi connectivity index (χ0v) is 30.8. The molecule has 17 heteroatoms. The van der Waals surface area contributed by atoms with Crippen LogP contribution < -0.4 is 15.4 Å². The first-order valence-electron chi connectivity index (χ1n) is 18.6. The molecule has 0 aromatic heterocycles. The fraction of sp³-hybridized carbons (Fsp3) is 0.526. The number of hydrogen-bond acceptors (Lipinski definition) is 8. The van der Waals surface area contributed by atoms with E-state index < -0.39 is 86.3 Å². The number of rotatable bonds is 7. The molecule has 55 heavy (non-hydrogen) atoms. The minimum absolute atomic E-state index is 0.0298. The summed E-state index contributed by atoms with van der Waals surface area (Å²) in [6.45, 7) is -0.224. The van der Waals surface area contributed by atoms with Gasteiger partial charge in [0.15, 0.2) is 0 Å². The molecular formula is C38H43F4N5O7S. The summed E-state index contributed by atoms with van der Waals surface area (Å²) in [5.41, 5.74) is -1.14. The smallest absolute Gasteiger partial charge is 0.416 e. The highest BCUT2D eigenvalue weighted by atomic mass is 32.2. The second-order valence-electron chi connectivity index (χ2n) is 15.1. The van der Waals surface area contributed by atoms with Crippen LogP contribution in [0.3, 0.4) is 0 Å². The van der Waals surface area contributed by atoms with Gasteiger partial charge in [-0.3, -0.25) is 24.0 Å². The molecule has 2 aromatic rings. The molecule has 2 saturated carbocycles. The van der Waals surface area contributed by atoms with Gasteiger partial charge in [-0.1, -0.05) is 55.3 Å². The molecule has 12 nitrogen and oxygen atoms in total. The first-order chi connectivity index (χ1) is 26.1. The van der Waals surface area contributed by atoms with E-state index in [1.54, 1.807) is 18.2 Å². The number of carbonyl (C=O) groups excluding carboxylic acids is 4. The Morgan fingerprint density at radius 1 is 1.02 bits per heavy atom. The summed E-state index contributed by atoms with van der Waals surface area (Å²) >= 11 is 0. The average molecular weight is 790 g/mol. The van der Waals surface area contributed by atoms with Crippen molar-refractivity contribution in [3.8, 4) is 0 Å². The molecule has 0 radical (unpaired) electrons. The van der Waals surface area contributed by atoms with Crippen molar-refractivity contribution in [3.63, 3.8) is 0 Å². The average Bonchev–Trinajstić information content (AvgIpc) is 4.02. The third-order valence-electron chi connectivity index (χ3n) is 11.1. The van der Waals surface area contributed by atoms with E-state index in [0.29, 0.717) is 55.2 Å². The van der Waals surface area contributed by atoms with Crippen LogP contribution in [0.15, 0.2) is 54.6 Å². The second kappa shape index (κ2) is 15.2. The number of sulfonamides is 1. The Balaban J connectivity index is 1.14. The van der Waals surface area contributed by atoms with Crippen molar-refractivity contribution in [3.05, 3.63) is 82.7 Å². The first kappa shape index (κ1) is 38.8. The van der Waals surface area contributed by atoms with Crippen molar-refractivity contribution in [2.75, 3.05) is 6.54 Å². The van der Waals surface area contributed by atoms with Crippen molar-refractivity contribution in [1.29, 1.82) is 0 Å². The standard InChI is InChI=1S/C38H43F4N5O7S/c39-30-12-7-9-24-20-46(22-29(24)30)36(51)54-27-17-32-33(48)44-37(35(50)45-55(52,53)28-14-15-28)18-26(37)10-4-2-1-3-5-13-31(34(49)47(32)21-27)43-19-23-8-6-11-25(16-23)38(40,41)42/h4,6-12,16,26-28,31-32,43H,1-3,5,13-15,17-22H2,(H,44,48)(H,45,50)/t26-,27-,31+,32+,37-/m1/s1. The van der Waals surface area contributed by atoms with Crippen LogP contribution in [0.25, 0.3) is 0 Å². The topological polar surface area (TPSA) is 154 Å². The highest BCUT2D eigenvalue weighted by molar-refractivity contribution is 7.91. The Morgan fingerprint density at radius 3 is 2.55 bits per heavy atom. The number of benzene rings is 2. The van der Waals surface area contributed by atoms with E-state index in [0.717, 1.165) is 18.6 Å². The molecule has 5 atom stereocenters. The fourth-order valence-corrected chi connectivity index (χ4v) is 9.09. The Kier molecular flexibility index (Phi) is 10.7. The summed E-state index contributed by atoms with van der Waals surface area (Å²) in [7, 11) is -3.95. The van der Waals surface area contributed by atoms with Gasteiger partial charge in [-0.15, -0.1) is 0 Å². The van der Waals surface area contributed by atoms with Gasteiger partial charge in [0.25, 0.3) is 5.91 Å². The van der Waals surface area contributed by atoms with Crippen LogP contribution in [-0.4, -0.2) is 77.6 Å². The monoisotopic (exact) mass is 789 g/mol. The van der Waals surface area contributed by atoms with Gasteiger partial charge in [0, 0.05) is 31.0 Å². The number of ether oxygens (including phenoxy) is 1. The molecule has 3 aliphatic heterocycles. The van der Waals surface area contributed by atoms with Gasteiger partial charge in [0.2, 0.25) is 21.8 Å². The molecule has 5 aliphatic rings. The maximum Gasteiger partial charge on any atom is 0.416 e. The summed E-state index contributed by atoms with van der Waals surface area (Å²) in [5.74, 6) is -3.12. The molecule has 4 amide bonds. The van der Waals surface area contributed by atoms with Crippen molar-refractivity contribution in [2.24, 2.45) is 5.92 Å². The lowest BCUT2D eigenvalue weighted by Gasteiger charge is -2.30. The quantitative estimate of drug-likeness (QED) is 0.275. The van der Waals surface area contributed by atoms with Gasteiger partial charge in [-0.2, -0.15) is 13.2 Å². The van der Waals surface area contributed by atoms with Crippen molar-refractivity contribution in [2.45, 2.75) is 113 Å². The van der Waals surface area contributed by atoms with Crippen molar-refractivity contribution >= 4 is 33.8 Å². The van der Waals surface area contributed by atoms with E-state index >= 15 is 0 Å². The highest BCUT2D eigenvalue weighted by Crippen LogP contribution is 2.46. The summed E-state index contributed by atoms with van der Waals surface area (Å²) in [5, 5.41) is 5.19. The lowest BCUT2D eigenvalue weighted by atomic mass is 10.0. The lowest BCUT2D eigenvalue weighted by Crippen LogP contribution is -2.58. The third-order valence-corrected chi connectivity index (χ3v) is 12.9. The number of nitrogens with zero attached hydrogens (tertiary/aromatic N) is 2. The number of carbonyl (C=O) groups is 4. The fourth-order valence-electron chi connectivity index (χ4n) is 7.73. The van der Waals surface area contributed by atoms with Gasteiger partial charge in [0.1, 0.15) is 23.5 Å². The van der Waals surface area contributed by atoms with E-state index in [1.165, 1.54) is 28.0 Å². The van der Waals surface area contributed by atoms with E-state index in [9.17, 15) is 45.2 Å². The lowest BCUT2D eigenvalue weighted by molar-refractivity contribution is -0.141. The van der Waals surface area contributed by atoms with Gasteiger partial charge < -0.3 is 20.3 Å². The zero-order chi connectivity index (χ0) is 39.1. The second-order valence-corrected chi connectivity index (χ2v) is 17.1. The Morgan fingerprint density at radius 2 is 1.80 bits per heavy atom. The molecule has 1 saturated heterocycles. The minimum Gasteiger partial charge on any atom is -0.444 e. The molecule has 296 valence electrons. The largest absolute Gasteiger partial charge is 0.444 e. The summed E-state index contributed by atoms with van der Waals surface area (Å²) in [6, 6.07) is 7.10. The van der Waals surface area contributed by atoms with Gasteiger partial charge in [-0.25, -0.2) is 17.6 Å². The van der Waals surface area contributed by atoms with E-state index in [4.69, 9.17) is 4.74 Å². The molecule has 3 N–H and O–H groups in total. The van der Waals surface area contributed by atoms with Crippen LogP contribution in [0.4, 0.5) is 22.4 Å². The number of halogens is 4. The number of allylic oxidation sites excluding steroid dienone is 1.